The molecule has 22 heavy (non-hydrogen) atoms. The summed E-state index contributed by atoms with van der Waals surface area (Å²) in [6.45, 7) is 5.01. The lowest BCUT2D eigenvalue weighted by Crippen LogP contribution is -2.50. The van der Waals surface area contributed by atoms with Gasteiger partial charge in [0.1, 0.15) is 0 Å². The van der Waals surface area contributed by atoms with Crippen molar-refractivity contribution in [2.45, 2.75) is 38.5 Å². The quantitative estimate of drug-likeness (QED) is 0.853. The lowest BCUT2D eigenvalue weighted by molar-refractivity contribution is -0.138. The molecule has 2 aliphatic rings. The average molecular weight is 300 g/mol. The summed E-state index contributed by atoms with van der Waals surface area (Å²) in [5.74, 6) is 0.757. The van der Waals surface area contributed by atoms with Gasteiger partial charge in [-0.1, -0.05) is 49.6 Å². The van der Waals surface area contributed by atoms with E-state index in [1.807, 2.05) is 0 Å². The molecule has 0 radical (unpaired) electrons. The third-order valence-corrected chi connectivity index (χ3v) is 5.20. The van der Waals surface area contributed by atoms with Crippen LogP contribution in [0.15, 0.2) is 30.3 Å². The van der Waals surface area contributed by atoms with Crippen LogP contribution in [0.25, 0.3) is 0 Å². The summed E-state index contributed by atoms with van der Waals surface area (Å²) in [7, 11) is 0. The Morgan fingerprint density at radius 2 is 1.64 bits per heavy atom. The number of nitrogens with zero attached hydrogens (tertiary/aromatic N) is 2. The van der Waals surface area contributed by atoms with Gasteiger partial charge >= 0.3 is 0 Å². The fourth-order valence-corrected chi connectivity index (χ4v) is 3.73. The minimum absolute atomic E-state index is 0.324. The molecule has 0 atom stereocenters. The minimum atomic E-state index is 0.324. The molecule has 0 unspecified atom stereocenters. The highest BCUT2D eigenvalue weighted by Gasteiger charge is 2.28. The van der Waals surface area contributed by atoms with Crippen LogP contribution in [0.2, 0.25) is 0 Å². The van der Waals surface area contributed by atoms with Gasteiger partial charge in [-0.3, -0.25) is 9.69 Å². The van der Waals surface area contributed by atoms with Gasteiger partial charge in [0, 0.05) is 38.6 Å². The largest absolute Gasteiger partial charge is 0.340 e. The van der Waals surface area contributed by atoms with E-state index >= 15 is 0 Å². The Morgan fingerprint density at radius 3 is 2.32 bits per heavy atom. The first-order valence-electron chi connectivity index (χ1n) is 8.88. The molecule has 0 spiro atoms. The van der Waals surface area contributed by atoms with Crippen molar-refractivity contribution in [1.82, 2.24) is 9.80 Å². The number of amides is 1. The van der Waals surface area contributed by atoms with Crippen LogP contribution in [-0.4, -0.2) is 48.4 Å². The molecule has 3 rings (SSSR count). The molecule has 1 aliphatic heterocycles. The van der Waals surface area contributed by atoms with E-state index in [-0.39, 0.29) is 0 Å². The second kappa shape index (κ2) is 7.77. The predicted octanol–water partition coefficient (Wildman–Crippen LogP) is 2.95. The van der Waals surface area contributed by atoms with Gasteiger partial charge in [0.25, 0.3) is 0 Å². The summed E-state index contributed by atoms with van der Waals surface area (Å²) in [5.41, 5.74) is 1.41. The normalized spacial score (nSPS) is 21.0. The van der Waals surface area contributed by atoms with Gasteiger partial charge in [-0.15, -0.1) is 0 Å². The molecule has 0 bridgehead atoms. The summed E-state index contributed by atoms with van der Waals surface area (Å²) in [5, 5.41) is 0. The van der Waals surface area contributed by atoms with Crippen molar-refractivity contribution in [3.8, 4) is 0 Å². The highest BCUT2D eigenvalue weighted by Crippen LogP contribution is 2.25. The molecular formula is C19H28N2O. The molecule has 0 aromatic heterocycles. The smallest absolute Gasteiger partial charge is 0.225 e. The molecule has 1 saturated heterocycles. The molecule has 1 aliphatic carbocycles. The molecular weight excluding hydrogens is 272 g/mol. The van der Waals surface area contributed by atoms with Crippen LogP contribution >= 0.6 is 0 Å². The summed E-state index contributed by atoms with van der Waals surface area (Å²) in [6, 6.07) is 10.7. The van der Waals surface area contributed by atoms with Crippen molar-refractivity contribution in [3.05, 3.63) is 35.9 Å². The number of carbonyl (C=O) groups excluding carboxylic acids is 1. The molecule has 1 heterocycles. The van der Waals surface area contributed by atoms with Gasteiger partial charge in [0.15, 0.2) is 0 Å². The third kappa shape index (κ3) is 4.10. The van der Waals surface area contributed by atoms with E-state index < -0.39 is 0 Å². The molecule has 1 amide bonds. The van der Waals surface area contributed by atoms with Crippen LogP contribution in [-0.2, 0) is 11.2 Å². The first-order chi connectivity index (χ1) is 10.8. The standard InChI is InChI=1S/C19H28N2O/c22-19(18-9-5-2-6-10-18)21-15-13-20(14-16-21)12-11-17-7-3-1-4-8-17/h1,3-4,7-8,18H,2,5-6,9-16H2. The van der Waals surface area contributed by atoms with Crippen LogP contribution in [0.5, 0.6) is 0 Å². The topological polar surface area (TPSA) is 23.6 Å². The number of hydrogen-bond donors (Lipinski definition) is 0. The third-order valence-electron chi connectivity index (χ3n) is 5.20. The van der Waals surface area contributed by atoms with E-state index in [0.29, 0.717) is 11.8 Å². The molecule has 3 nitrogen and oxygen atoms in total. The van der Waals surface area contributed by atoms with Gasteiger partial charge in [-0.25, -0.2) is 0 Å². The van der Waals surface area contributed by atoms with Gasteiger partial charge in [-0.05, 0) is 24.8 Å². The zero-order chi connectivity index (χ0) is 15.2. The van der Waals surface area contributed by atoms with Crippen LogP contribution in [0.3, 0.4) is 0 Å². The zero-order valence-corrected chi connectivity index (χ0v) is 13.5. The number of benzene rings is 1. The Hall–Kier alpha value is -1.35. The van der Waals surface area contributed by atoms with E-state index in [1.54, 1.807) is 0 Å². The van der Waals surface area contributed by atoms with E-state index in [4.69, 9.17) is 0 Å². The second-order valence-electron chi connectivity index (χ2n) is 6.74. The monoisotopic (exact) mass is 300 g/mol. The van der Waals surface area contributed by atoms with Gasteiger partial charge < -0.3 is 4.90 Å². The van der Waals surface area contributed by atoms with Crippen LogP contribution in [0, 0.1) is 5.92 Å². The Labute approximate surface area is 134 Å². The Balaban J connectivity index is 1.41. The van der Waals surface area contributed by atoms with Crippen LogP contribution in [0.1, 0.15) is 37.7 Å². The van der Waals surface area contributed by atoms with E-state index in [9.17, 15) is 4.79 Å². The number of hydrogen-bond acceptors (Lipinski definition) is 2. The highest BCUT2D eigenvalue weighted by atomic mass is 16.2. The SMILES string of the molecule is O=C(C1CCCCC1)N1CCN(CCc2ccccc2)CC1. The Bertz CT molecular complexity index is 460. The maximum atomic E-state index is 12.5. The lowest BCUT2D eigenvalue weighted by atomic mass is 9.88. The van der Waals surface area contributed by atoms with Gasteiger partial charge in [0.05, 0.1) is 0 Å². The first kappa shape index (κ1) is 15.5. The van der Waals surface area contributed by atoms with Crippen molar-refractivity contribution in [1.29, 1.82) is 0 Å². The molecule has 120 valence electrons. The fraction of sp³-hybridized carbons (Fsp3) is 0.632. The molecule has 1 aromatic rings. The molecule has 3 heteroatoms. The summed E-state index contributed by atoms with van der Waals surface area (Å²) in [4.78, 5) is 17.2. The molecule has 1 aromatic carbocycles. The number of piperazine rings is 1. The first-order valence-corrected chi connectivity index (χ1v) is 8.88. The van der Waals surface area contributed by atoms with Crippen LogP contribution in [0.4, 0.5) is 0 Å². The van der Waals surface area contributed by atoms with Crippen molar-refractivity contribution in [2.24, 2.45) is 5.92 Å². The zero-order valence-electron chi connectivity index (χ0n) is 13.5. The summed E-state index contributed by atoms with van der Waals surface area (Å²) in [6.07, 6.45) is 7.15. The highest BCUT2D eigenvalue weighted by molar-refractivity contribution is 5.79. The van der Waals surface area contributed by atoms with Crippen molar-refractivity contribution < 1.29 is 4.79 Å². The Kier molecular flexibility index (Phi) is 5.49. The van der Waals surface area contributed by atoms with Crippen molar-refractivity contribution in [2.75, 3.05) is 32.7 Å². The number of rotatable bonds is 4. The molecule has 1 saturated carbocycles. The van der Waals surface area contributed by atoms with Crippen molar-refractivity contribution >= 4 is 5.91 Å². The maximum absolute atomic E-state index is 12.5. The average Bonchev–Trinajstić information content (AvgIpc) is 2.61. The predicted molar refractivity (Wildman–Crippen MR) is 89.7 cm³/mol. The fourth-order valence-electron chi connectivity index (χ4n) is 3.73. The summed E-state index contributed by atoms with van der Waals surface area (Å²) >= 11 is 0. The van der Waals surface area contributed by atoms with E-state index in [0.717, 1.165) is 52.0 Å². The minimum Gasteiger partial charge on any atom is -0.340 e. The van der Waals surface area contributed by atoms with Crippen LogP contribution < -0.4 is 0 Å². The molecule has 2 fully saturated rings. The number of carbonyl (C=O) groups is 1. The lowest BCUT2D eigenvalue weighted by Gasteiger charge is -2.37. The Morgan fingerprint density at radius 1 is 0.955 bits per heavy atom. The second-order valence-corrected chi connectivity index (χ2v) is 6.74. The van der Waals surface area contributed by atoms with Crippen molar-refractivity contribution in [3.63, 3.8) is 0 Å². The van der Waals surface area contributed by atoms with E-state index in [2.05, 4.69) is 40.1 Å². The van der Waals surface area contributed by atoms with Gasteiger partial charge in [0.2, 0.25) is 5.91 Å². The molecule has 0 N–H and O–H groups in total. The van der Waals surface area contributed by atoms with Gasteiger partial charge in [-0.2, -0.15) is 0 Å². The van der Waals surface area contributed by atoms with E-state index in [1.165, 1.54) is 24.8 Å². The summed E-state index contributed by atoms with van der Waals surface area (Å²) < 4.78 is 0. The maximum Gasteiger partial charge on any atom is 0.225 e.